The number of ether oxygens (including phenoxy) is 1. The first-order valence-electron chi connectivity index (χ1n) is 6.47. The lowest BCUT2D eigenvalue weighted by molar-refractivity contribution is -0.274. The first kappa shape index (κ1) is 15.3. The molecule has 2 aromatic heterocycles. The molecule has 0 unspecified atom stereocenters. The summed E-state index contributed by atoms with van der Waals surface area (Å²) in [6.45, 7) is 0.0991. The Hall–Kier alpha value is -2.55. The SMILES string of the molecule is O=c1cc(CNc2ccccc2OC(F)(F)F)nc2sccn12. The van der Waals surface area contributed by atoms with Crippen LogP contribution in [0.15, 0.2) is 46.7 Å². The van der Waals surface area contributed by atoms with Crippen LogP contribution in [-0.4, -0.2) is 15.7 Å². The molecule has 9 heteroatoms. The van der Waals surface area contributed by atoms with Gasteiger partial charge in [0.1, 0.15) is 0 Å². The third-order valence-corrected chi connectivity index (χ3v) is 3.69. The highest BCUT2D eigenvalue weighted by Gasteiger charge is 2.32. The van der Waals surface area contributed by atoms with E-state index in [2.05, 4.69) is 15.0 Å². The van der Waals surface area contributed by atoms with Crippen LogP contribution in [0, 0.1) is 0 Å². The Labute approximate surface area is 132 Å². The highest BCUT2D eigenvalue weighted by molar-refractivity contribution is 7.15. The van der Waals surface area contributed by atoms with E-state index in [1.165, 1.54) is 40.0 Å². The molecule has 0 aliphatic rings. The average molecular weight is 341 g/mol. The number of halogens is 3. The van der Waals surface area contributed by atoms with Crippen LogP contribution >= 0.6 is 11.3 Å². The molecule has 0 aliphatic carbocycles. The molecule has 0 spiro atoms. The number of hydrogen-bond acceptors (Lipinski definition) is 5. The van der Waals surface area contributed by atoms with Crippen molar-refractivity contribution in [1.82, 2.24) is 9.38 Å². The van der Waals surface area contributed by atoms with Crippen LogP contribution in [0.3, 0.4) is 0 Å². The van der Waals surface area contributed by atoms with Gasteiger partial charge in [0.05, 0.1) is 17.9 Å². The molecule has 0 saturated carbocycles. The van der Waals surface area contributed by atoms with Crippen molar-refractivity contribution in [2.45, 2.75) is 12.9 Å². The van der Waals surface area contributed by atoms with Gasteiger partial charge in [0.25, 0.3) is 5.56 Å². The molecule has 3 aromatic rings. The number of fused-ring (bicyclic) bond motifs is 1. The van der Waals surface area contributed by atoms with Crippen LogP contribution in [-0.2, 0) is 6.54 Å². The van der Waals surface area contributed by atoms with Gasteiger partial charge >= 0.3 is 6.36 Å². The molecule has 0 radical (unpaired) electrons. The lowest BCUT2D eigenvalue weighted by atomic mass is 10.3. The maximum Gasteiger partial charge on any atom is 0.573 e. The summed E-state index contributed by atoms with van der Waals surface area (Å²) >= 11 is 1.30. The van der Waals surface area contributed by atoms with Gasteiger partial charge < -0.3 is 10.1 Å². The Morgan fingerprint density at radius 3 is 2.87 bits per heavy atom. The van der Waals surface area contributed by atoms with Gasteiger partial charge in [0.15, 0.2) is 10.7 Å². The van der Waals surface area contributed by atoms with Crippen molar-refractivity contribution in [2.75, 3.05) is 5.32 Å². The van der Waals surface area contributed by atoms with E-state index in [-0.39, 0.29) is 23.5 Å². The zero-order valence-electron chi connectivity index (χ0n) is 11.5. The summed E-state index contributed by atoms with van der Waals surface area (Å²) in [5.74, 6) is -0.339. The van der Waals surface area contributed by atoms with E-state index in [9.17, 15) is 18.0 Å². The Morgan fingerprint density at radius 1 is 1.30 bits per heavy atom. The molecule has 1 aromatic carbocycles. The van der Waals surface area contributed by atoms with Crippen LogP contribution in [0.25, 0.3) is 4.96 Å². The third kappa shape index (κ3) is 3.62. The van der Waals surface area contributed by atoms with Gasteiger partial charge in [0, 0.05) is 17.6 Å². The van der Waals surface area contributed by atoms with Crippen molar-refractivity contribution >= 4 is 22.0 Å². The Kier molecular flexibility index (Phi) is 3.95. The standard InChI is InChI=1S/C14H10F3N3O2S/c15-14(16,17)22-11-4-2-1-3-10(11)18-8-9-7-12(21)20-5-6-23-13(20)19-9/h1-7,18H,8H2. The summed E-state index contributed by atoms with van der Waals surface area (Å²) in [7, 11) is 0. The third-order valence-electron chi connectivity index (χ3n) is 2.93. The number of nitrogens with one attached hydrogen (secondary N) is 1. The van der Waals surface area contributed by atoms with E-state index in [0.717, 1.165) is 0 Å². The van der Waals surface area contributed by atoms with Gasteiger partial charge in [-0.2, -0.15) is 0 Å². The minimum Gasteiger partial charge on any atom is -0.404 e. The molecule has 0 aliphatic heterocycles. The first-order valence-corrected chi connectivity index (χ1v) is 7.35. The van der Waals surface area contributed by atoms with Crippen molar-refractivity contribution in [1.29, 1.82) is 0 Å². The summed E-state index contributed by atoms with van der Waals surface area (Å²) < 4.78 is 42.5. The molecule has 0 amide bonds. The normalized spacial score (nSPS) is 11.6. The van der Waals surface area contributed by atoms with Crippen molar-refractivity contribution in [3.8, 4) is 5.75 Å². The summed E-state index contributed by atoms with van der Waals surface area (Å²) in [6, 6.07) is 7.02. The summed E-state index contributed by atoms with van der Waals surface area (Å²) in [6.07, 6.45) is -3.16. The predicted molar refractivity (Wildman–Crippen MR) is 79.8 cm³/mol. The quantitative estimate of drug-likeness (QED) is 0.791. The Balaban J connectivity index is 1.81. The molecular weight excluding hydrogens is 331 g/mol. The molecule has 0 saturated heterocycles. The van der Waals surface area contributed by atoms with E-state index in [1.54, 1.807) is 17.6 Å². The fraction of sp³-hybridized carbons (Fsp3) is 0.143. The summed E-state index contributed by atoms with van der Waals surface area (Å²) in [4.78, 5) is 16.6. The van der Waals surface area contributed by atoms with Crippen molar-refractivity contribution < 1.29 is 17.9 Å². The molecule has 5 nitrogen and oxygen atoms in total. The number of alkyl halides is 3. The second kappa shape index (κ2) is 5.92. The molecule has 120 valence electrons. The largest absolute Gasteiger partial charge is 0.573 e. The number of rotatable bonds is 4. The van der Waals surface area contributed by atoms with Crippen LogP contribution in [0.1, 0.15) is 5.69 Å². The lowest BCUT2D eigenvalue weighted by Crippen LogP contribution is -2.18. The number of nitrogens with zero attached hydrogens (tertiary/aromatic N) is 2. The van der Waals surface area contributed by atoms with E-state index in [4.69, 9.17) is 0 Å². The van der Waals surface area contributed by atoms with Gasteiger partial charge in [0.2, 0.25) is 0 Å². The van der Waals surface area contributed by atoms with Crippen LogP contribution in [0.4, 0.5) is 18.9 Å². The minimum absolute atomic E-state index is 0.0991. The van der Waals surface area contributed by atoms with Gasteiger partial charge in [-0.05, 0) is 12.1 Å². The predicted octanol–water partition coefficient (Wildman–Crippen LogP) is 3.27. The molecule has 3 rings (SSSR count). The Morgan fingerprint density at radius 2 is 2.09 bits per heavy atom. The van der Waals surface area contributed by atoms with Crippen LogP contribution in [0.2, 0.25) is 0 Å². The molecule has 0 fully saturated rings. The van der Waals surface area contributed by atoms with Crippen LogP contribution in [0.5, 0.6) is 5.75 Å². The number of para-hydroxylation sites is 2. The van der Waals surface area contributed by atoms with Crippen molar-refractivity contribution in [2.24, 2.45) is 0 Å². The van der Waals surface area contributed by atoms with Crippen molar-refractivity contribution in [3.63, 3.8) is 0 Å². The van der Waals surface area contributed by atoms with Crippen LogP contribution < -0.4 is 15.6 Å². The molecular formula is C14H10F3N3O2S. The molecule has 0 atom stereocenters. The zero-order chi connectivity index (χ0) is 16.4. The number of anilines is 1. The number of benzene rings is 1. The average Bonchev–Trinajstić information content (AvgIpc) is 2.94. The Bertz CT molecular complexity index is 889. The highest BCUT2D eigenvalue weighted by atomic mass is 32.1. The fourth-order valence-electron chi connectivity index (χ4n) is 1.99. The monoisotopic (exact) mass is 341 g/mol. The number of hydrogen-bond donors (Lipinski definition) is 1. The van der Waals surface area contributed by atoms with E-state index in [0.29, 0.717) is 10.7 Å². The molecule has 0 bridgehead atoms. The first-order chi connectivity index (χ1) is 10.9. The smallest absolute Gasteiger partial charge is 0.404 e. The fourth-order valence-corrected chi connectivity index (χ4v) is 2.73. The number of thiazole rings is 1. The summed E-state index contributed by atoms with van der Waals surface area (Å²) in [5, 5.41) is 4.53. The topological polar surface area (TPSA) is 55.6 Å². The second-order valence-electron chi connectivity index (χ2n) is 4.54. The van der Waals surface area contributed by atoms with Gasteiger partial charge in [-0.1, -0.05) is 12.1 Å². The van der Waals surface area contributed by atoms with Gasteiger partial charge in [-0.3, -0.25) is 9.20 Å². The lowest BCUT2D eigenvalue weighted by Gasteiger charge is -2.14. The van der Waals surface area contributed by atoms with Gasteiger partial charge in [-0.25, -0.2) is 4.98 Å². The van der Waals surface area contributed by atoms with E-state index < -0.39 is 6.36 Å². The zero-order valence-corrected chi connectivity index (χ0v) is 12.3. The minimum atomic E-state index is -4.77. The van der Waals surface area contributed by atoms with Crippen molar-refractivity contribution in [3.05, 3.63) is 58.0 Å². The maximum absolute atomic E-state index is 12.4. The second-order valence-corrected chi connectivity index (χ2v) is 5.41. The highest BCUT2D eigenvalue weighted by Crippen LogP contribution is 2.30. The maximum atomic E-state index is 12.4. The molecule has 1 N–H and O–H groups in total. The number of aromatic nitrogens is 2. The molecule has 23 heavy (non-hydrogen) atoms. The van der Waals surface area contributed by atoms with E-state index >= 15 is 0 Å². The van der Waals surface area contributed by atoms with E-state index in [1.807, 2.05) is 0 Å². The van der Waals surface area contributed by atoms with Gasteiger partial charge in [-0.15, -0.1) is 24.5 Å². The molecule has 2 heterocycles. The summed E-state index contributed by atoms with van der Waals surface area (Å²) in [5.41, 5.74) is 0.352.